The van der Waals surface area contributed by atoms with Crippen LogP contribution in [0.25, 0.3) is 0 Å². The first kappa shape index (κ1) is 17.0. The van der Waals surface area contributed by atoms with Crippen molar-refractivity contribution in [1.82, 2.24) is 10.6 Å². The Morgan fingerprint density at radius 3 is 2.57 bits per heavy atom. The number of amides is 2. The number of rotatable bonds is 9. The minimum absolute atomic E-state index is 0.109. The predicted molar refractivity (Wildman–Crippen MR) is 80.9 cm³/mol. The van der Waals surface area contributed by atoms with Crippen molar-refractivity contribution < 1.29 is 19.5 Å². The van der Waals surface area contributed by atoms with Crippen LogP contribution in [-0.2, 0) is 14.4 Å². The quantitative estimate of drug-likeness (QED) is 0.586. The molecule has 0 saturated carbocycles. The van der Waals surface area contributed by atoms with Crippen LogP contribution in [0.1, 0.15) is 18.5 Å². The van der Waals surface area contributed by atoms with Gasteiger partial charge in [0.25, 0.3) is 0 Å². The van der Waals surface area contributed by atoms with Gasteiger partial charge in [0.15, 0.2) is 0 Å². The highest BCUT2D eigenvalue weighted by Gasteiger charge is 2.17. The van der Waals surface area contributed by atoms with E-state index in [4.69, 9.17) is 5.11 Å². The van der Waals surface area contributed by atoms with E-state index in [1.165, 1.54) is 0 Å². The number of thioether (sulfide) groups is 1. The molecule has 0 aliphatic carbocycles. The number of hydrogen-bond acceptors (Lipinski definition) is 4. The summed E-state index contributed by atoms with van der Waals surface area (Å²) in [5.74, 6) is -1.01. The van der Waals surface area contributed by atoms with Crippen LogP contribution in [-0.4, -0.2) is 40.9 Å². The van der Waals surface area contributed by atoms with Crippen molar-refractivity contribution in [3.8, 4) is 0 Å². The van der Waals surface area contributed by atoms with Crippen LogP contribution in [0.5, 0.6) is 0 Å². The normalized spacial score (nSPS) is 13.0. The molecule has 1 rings (SSSR count). The van der Waals surface area contributed by atoms with Crippen molar-refractivity contribution in [2.75, 3.05) is 11.5 Å². The van der Waals surface area contributed by atoms with E-state index in [9.17, 15) is 14.4 Å². The average Bonchev–Trinajstić information content (AvgIpc) is 2.47. The molecule has 3 N–H and O–H groups in total. The molecule has 2 amide bonds. The highest BCUT2D eigenvalue weighted by molar-refractivity contribution is 8.00. The third-order valence-corrected chi connectivity index (χ3v) is 3.80. The van der Waals surface area contributed by atoms with Crippen LogP contribution in [0.4, 0.5) is 0 Å². The monoisotopic (exact) mass is 310 g/mol. The van der Waals surface area contributed by atoms with Gasteiger partial charge in [-0.1, -0.05) is 30.3 Å². The zero-order chi connectivity index (χ0) is 15.7. The Morgan fingerprint density at radius 2 is 2.00 bits per heavy atom. The van der Waals surface area contributed by atoms with Crippen LogP contribution < -0.4 is 10.6 Å². The molecule has 0 saturated heterocycles. The van der Waals surface area contributed by atoms with Crippen molar-refractivity contribution in [2.24, 2.45) is 0 Å². The average molecular weight is 310 g/mol. The molecule has 114 valence electrons. The summed E-state index contributed by atoms with van der Waals surface area (Å²) in [5, 5.41) is 13.9. The molecule has 0 aliphatic rings. The standard InChI is InChI=1S/C14H18N2O4S/c1-10(11-5-3-2-4-6-11)16-13(18)8-21-7-12(14(19)20)15-9-17/h2-6,9-10,12H,7-8H2,1H3,(H,15,17)(H,16,18)(H,19,20). The fourth-order valence-corrected chi connectivity index (χ4v) is 2.51. The van der Waals surface area contributed by atoms with Gasteiger partial charge in [0, 0.05) is 5.75 Å². The van der Waals surface area contributed by atoms with Crippen molar-refractivity contribution in [3.05, 3.63) is 35.9 Å². The van der Waals surface area contributed by atoms with Crippen molar-refractivity contribution in [3.63, 3.8) is 0 Å². The van der Waals surface area contributed by atoms with E-state index in [-0.39, 0.29) is 23.5 Å². The highest BCUT2D eigenvalue weighted by Crippen LogP contribution is 2.11. The summed E-state index contributed by atoms with van der Waals surface area (Å²) in [4.78, 5) is 32.8. The summed E-state index contributed by atoms with van der Waals surface area (Å²) in [6, 6.07) is 8.46. The highest BCUT2D eigenvalue weighted by atomic mass is 32.2. The molecule has 0 bridgehead atoms. The molecule has 0 spiro atoms. The van der Waals surface area contributed by atoms with E-state index in [2.05, 4.69) is 10.6 Å². The van der Waals surface area contributed by atoms with E-state index < -0.39 is 12.0 Å². The number of carboxylic acids is 1. The van der Waals surface area contributed by atoms with Crippen molar-refractivity contribution in [2.45, 2.75) is 19.0 Å². The van der Waals surface area contributed by atoms with E-state index in [0.29, 0.717) is 6.41 Å². The molecule has 6 nitrogen and oxygen atoms in total. The van der Waals surface area contributed by atoms with Gasteiger partial charge in [0.1, 0.15) is 6.04 Å². The van der Waals surface area contributed by atoms with Gasteiger partial charge in [-0.05, 0) is 12.5 Å². The Kier molecular flexibility index (Phi) is 7.31. The first-order valence-electron chi connectivity index (χ1n) is 6.39. The topological polar surface area (TPSA) is 95.5 Å². The van der Waals surface area contributed by atoms with Crippen LogP contribution in [0.2, 0.25) is 0 Å². The largest absolute Gasteiger partial charge is 0.480 e. The lowest BCUT2D eigenvalue weighted by molar-refractivity contribution is -0.139. The maximum Gasteiger partial charge on any atom is 0.327 e. The van der Waals surface area contributed by atoms with Crippen LogP contribution in [0.3, 0.4) is 0 Å². The summed E-state index contributed by atoms with van der Waals surface area (Å²) in [5.41, 5.74) is 1.00. The van der Waals surface area contributed by atoms with Crippen molar-refractivity contribution in [1.29, 1.82) is 0 Å². The zero-order valence-electron chi connectivity index (χ0n) is 11.6. The lowest BCUT2D eigenvalue weighted by Crippen LogP contribution is -2.38. The molecule has 0 heterocycles. The molecule has 7 heteroatoms. The van der Waals surface area contributed by atoms with Gasteiger partial charge in [-0.2, -0.15) is 0 Å². The molecule has 2 atom stereocenters. The number of benzene rings is 1. The van der Waals surface area contributed by atoms with Crippen LogP contribution in [0.15, 0.2) is 30.3 Å². The molecule has 1 aromatic rings. The second-order valence-corrected chi connectivity index (χ2v) is 5.42. The minimum atomic E-state index is -1.12. The SMILES string of the molecule is CC(NC(=O)CSCC(NC=O)C(=O)O)c1ccccc1. The van der Waals surface area contributed by atoms with Gasteiger partial charge < -0.3 is 15.7 Å². The van der Waals surface area contributed by atoms with E-state index in [1.807, 2.05) is 37.3 Å². The molecule has 0 aliphatic heterocycles. The van der Waals surface area contributed by atoms with Crippen molar-refractivity contribution >= 4 is 30.0 Å². The number of nitrogens with one attached hydrogen (secondary N) is 2. The lowest BCUT2D eigenvalue weighted by Gasteiger charge is -2.15. The summed E-state index contributed by atoms with van der Waals surface area (Å²) in [7, 11) is 0. The molecule has 21 heavy (non-hydrogen) atoms. The lowest BCUT2D eigenvalue weighted by atomic mass is 10.1. The predicted octanol–water partition coefficient (Wildman–Crippen LogP) is 0.796. The Morgan fingerprint density at radius 1 is 1.33 bits per heavy atom. The Hall–Kier alpha value is -2.02. The fourth-order valence-electron chi connectivity index (χ4n) is 1.65. The molecule has 2 unspecified atom stereocenters. The van der Waals surface area contributed by atoms with Gasteiger partial charge in [-0.25, -0.2) is 4.79 Å². The van der Waals surface area contributed by atoms with Crippen LogP contribution >= 0.6 is 11.8 Å². The first-order chi connectivity index (χ1) is 10.0. The number of carbonyl (C=O) groups excluding carboxylic acids is 2. The number of carbonyl (C=O) groups is 3. The molecule has 1 aromatic carbocycles. The van der Waals surface area contributed by atoms with Gasteiger partial charge in [0.05, 0.1) is 11.8 Å². The molecule has 0 fully saturated rings. The van der Waals surface area contributed by atoms with Gasteiger partial charge in [0.2, 0.25) is 12.3 Å². The van der Waals surface area contributed by atoms with E-state index >= 15 is 0 Å². The summed E-state index contributed by atoms with van der Waals surface area (Å²) in [6.45, 7) is 1.88. The Balaban J connectivity index is 2.34. The van der Waals surface area contributed by atoms with E-state index in [1.54, 1.807) is 0 Å². The summed E-state index contributed by atoms with van der Waals surface area (Å²) < 4.78 is 0. The third-order valence-electron chi connectivity index (χ3n) is 2.76. The number of aliphatic carboxylic acids is 1. The second-order valence-electron chi connectivity index (χ2n) is 4.39. The summed E-state index contributed by atoms with van der Waals surface area (Å²) >= 11 is 1.16. The fraction of sp³-hybridized carbons (Fsp3) is 0.357. The van der Waals surface area contributed by atoms with Gasteiger partial charge >= 0.3 is 5.97 Å². The van der Waals surface area contributed by atoms with Gasteiger partial charge in [-0.15, -0.1) is 11.8 Å². The Labute approximate surface area is 127 Å². The first-order valence-corrected chi connectivity index (χ1v) is 7.54. The zero-order valence-corrected chi connectivity index (χ0v) is 12.4. The Bertz CT molecular complexity index is 481. The number of hydrogen-bond donors (Lipinski definition) is 3. The van der Waals surface area contributed by atoms with Gasteiger partial charge in [-0.3, -0.25) is 9.59 Å². The number of carboxylic acid groups (broad SMARTS) is 1. The molecule has 0 radical (unpaired) electrons. The third kappa shape index (κ3) is 6.31. The maximum absolute atomic E-state index is 11.8. The van der Waals surface area contributed by atoms with Crippen LogP contribution in [0, 0.1) is 0 Å². The molecule has 0 aromatic heterocycles. The molecular weight excluding hydrogens is 292 g/mol. The van der Waals surface area contributed by atoms with E-state index in [0.717, 1.165) is 17.3 Å². The second kappa shape index (κ2) is 9.02. The smallest absolute Gasteiger partial charge is 0.327 e. The molecular formula is C14H18N2O4S. The summed E-state index contributed by atoms with van der Waals surface area (Å²) in [6.07, 6.45) is 0.344. The maximum atomic E-state index is 11.8. The minimum Gasteiger partial charge on any atom is -0.480 e.